The summed E-state index contributed by atoms with van der Waals surface area (Å²) in [6, 6.07) is 1.11. The standard InChI is InChI=1S/C8H10F3N3OS/c9-8(10,11)2-1-3-16-7-13-5(12)4-6(15)14-7/h4H,1-3H2,(H3,12,13,14,15). The number of nitrogens with two attached hydrogens (primary N) is 1. The van der Waals surface area contributed by atoms with E-state index in [9.17, 15) is 18.0 Å². The van der Waals surface area contributed by atoms with Gasteiger partial charge in [0.2, 0.25) is 0 Å². The molecule has 0 aliphatic carbocycles. The zero-order chi connectivity index (χ0) is 12.2. The predicted molar refractivity (Wildman–Crippen MR) is 55.3 cm³/mol. The molecular weight excluding hydrogens is 243 g/mol. The van der Waals surface area contributed by atoms with Gasteiger partial charge in [0.15, 0.2) is 5.16 Å². The second kappa shape index (κ2) is 5.24. The molecule has 1 aromatic rings. The molecule has 8 heteroatoms. The van der Waals surface area contributed by atoms with Crippen molar-refractivity contribution in [3.05, 3.63) is 16.4 Å². The molecule has 3 N–H and O–H groups in total. The number of hydrogen-bond donors (Lipinski definition) is 2. The lowest BCUT2D eigenvalue weighted by Crippen LogP contribution is -2.10. The summed E-state index contributed by atoms with van der Waals surface area (Å²) in [5.41, 5.74) is 4.90. The summed E-state index contributed by atoms with van der Waals surface area (Å²) in [6.45, 7) is 0. The van der Waals surface area contributed by atoms with E-state index in [4.69, 9.17) is 5.73 Å². The van der Waals surface area contributed by atoms with E-state index in [-0.39, 0.29) is 23.1 Å². The van der Waals surface area contributed by atoms with Crippen LogP contribution in [0.1, 0.15) is 12.8 Å². The number of nitrogens with zero attached hydrogens (tertiary/aromatic N) is 1. The van der Waals surface area contributed by atoms with Crippen LogP contribution in [0.2, 0.25) is 0 Å². The highest BCUT2D eigenvalue weighted by molar-refractivity contribution is 7.99. The summed E-state index contributed by atoms with van der Waals surface area (Å²) in [4.78, 5) is 17.1. The number of aromatic nitrogens is 2. The number of anilines is 1. The highest BCUT2D eigenvalue weighted by Gasteiger charge is 2.25. The van der Waals surface area contributed by atoms with E-state index in [2.05, 4.69) is 9.97 Å². The maximum atomic E-state index is 11.8. The molecule has 16 heavy (non-hydrogen) atoms. The maximum absolute atomic E-state index is 11.8. The van der Waals surface area contributed by atoms with Crippen LogP contribution >= 0.6 is 11.8 Å². The van der Waals surface area contributed by atoms with Crippen molar-refractivity contribution in [3.8, 4) is 0 Å². The van der Waals surface area contributed by atoms with Crippen molar-refractivity contribution in [1.82, 2.24) is 9.97 Å². The molecule has 4 nitrogen and oxygen atoms in total. The normalized spacial score (nSPS) is 11.7. The Hall–Kier alpha value is -1.18. The summed E-state index contributed by atoms with van der Waals surface area (Å²) in [6.07, 6.45) is -5.00. The van der Waals surface area contributed by atoms with Gasteiger partial charge in [-0.25, -0.2) is 4.98 Å². The summed E-state index contributed by atoms with van der Waals surface area (Å²) < 4.78 is 35.4. The molecule has 0 spiro atoms. The molecule has 0 aliphatic rings. The lowest BCUT2D eigenvalue weighted by atomic mass is 10.3. The third kappa shape index (κ3) is 5.06. The fraction of sp³-hybridized carbons (Fsp3) is 0.500. The van der Waals surface area contributed by atoms with Gasteiger partial charge in [0.25, 0.3) is 5.56 Å². The molecule has 0 unspecified atom stereocenters. The number of H-pyrrole nitrogens is 1. The minimum absolute atomic E-state index is 0.0212. The lowest BCUT2D eigenvalue weighted by molar-refractivity contribution is -0.134. The Labute approximate surface area is 93.5 Å². The number of rotatable bonds is 4. The predicted octanol–water partition coefficient (Wildman–Crippen LogP) is 1.79. The number of nitrogen functional groups attached to an aromatic ring is 1. The summed E-state index contributed by atoms with van der Waals surface area (Å²) in [7, 11) is 0. The zero-order valence-corrected chi connectivity index (χ0v) is 8.99. The first-order valence-electron chi connectivity index (χ1n) is 4.43. The van der Waals surface area contributed by atoms with Gasteiger partial charge in [-0.1, -0.05) is 11.8 Å². The van der Waals surface area contributed by atoms with E-state index in [0.717, 1.165) is 17.8 Å². The zero-order valence-electron chi connectivity index (χ0n) is 8.17. The van der Waals surface area contributed by atoms with Crippen LogP contribution in [0.3, 0.4) is 0 Å². The van der Waals surface area contributed by atoms with Crippen LogP contribution in [0.15, 0.2) is 16.0 Å². The Morgan fingerprint density at radius 3 is 2.75 bits per heavy atom. The molecule has 0 amide bonds. The fourth-order valence-electron chi connectivity index (χ4n) is 0.963. The average Bonchev–Trinajstić information content (AvgIpc) is 2.09. The molecule has 90 valence electrons. The Kier molecular flexibility index (Phi) is 4.22. The van der Waals surface area contributed by atoms with Gasteiger partial charge < -0.3 is 10.7 Å². The second-order valence-electron chi connectivity index (χ2n) is 3.04. The first-order valence-corrected chi connectivity index (χ1v) is 5.42. The molecule has 0 radical (unpaired) electrons. The van der Waals surface area contributed by atoms with E-state index in [1.165, 1.54) is 0 Å². The largest absolute Gasteiger partial charge is 0.389 e. The van der Waals surface area contributed by atoms with Crippen molar-refractivity contribution < 1.29 is 13.2 Å². The highest BCUT2D eigenvalue weighted by atomic mass is 32.2. The fourth-order valence-corrected chi connectivity index (χ4v) is 1.79. The minimum atomic E-state index is -4.14. The SMILES string of the molecule is Nc1cc(=O)[nH]c(SCCCC(F)(F)F)n1. The van der Waals surface area contributed by atoms with Gasteiger partial charge in [0.05, 0.1) is 0 Å². The average molecular weight is 253 g/mol. The van der Waals surface area contributed by atoms with Crippen LogP contribution in [0.5, 0.6) is 0 Å². The summed E-state index contributed by atoms with van der Waals surface area (Å²) in [5, 5.41) is 0.243. The van der Waals surface area contributed by atoms with Crippen molar-refractivity contribution in [2.24, 2.45) is 0 Å². The van der Waals surface area contributed by atoms with Crippen molar-refractivity contribution in [1.29, 1.82) is 0 Å². The van der Waals surface area contributed by atoms with E-state index in [1.807, 2.05) is 0 Å². The number of hydrogen-bond acceptors (Lipinski definition) is 4. The number of alkyl halides is 3. The number of halogens is 3. The Morgan fingerprint density at radius 2 is 2.19 bits per heavy atom. The Balaban J connectivity index is 2.40. The van der Waals surface area contributed by atoms with Crippen LogP contribution < -0.4 is 11.3 Å². The molecule has 0 bridgehead atoms. The van der Waals surface area contributed by atoms with E-state index >= 15 is 0 Å². The highest BCUT2D eigenvalue weighted by Crippen LogP contribution is 2.23. The van der Waals surface area contributed by atoms with E-state index in [1.54, 1.807) is 0 Å². The second-order valence-corrected chi connectivity index (χ2v) is 4.13. The minimum Gasteiger partial charge on any atom is -0.383 e. The third-order valence-electron chi connectivity index (χ3n) is 1.58. The molecule has 0 atom stereocenters. The molecule has 1 aromatic heterocycles. The smallest absolute Gasteiger partial charge is 0.383 e. The Morgan fingerprint density at radius 1 is 1.50 bits per heavy atom. The lowest BCUT2D eigenvalue weighted by Gasteiger charge is -2.05. The molecule has 1 rings (SSSR count). The number of thioether (sulfide) groups is 1. The van der Waals surface area contributed by atoms with E-state index < -0.39 is 18.2 Å². The van der Waals surface area contributed by atoms with Gasteiger partial charge >= 0.3 is 6.18 Å². The first kappa shape index (κ1) is 12.9. The number of aromatic amines is 1. The monoisotopic (exact) mass is 253 g/mol. The van der Waals surface area contributed by atoms with Crippen molar-refractivity contribution in [3.63, 3.8) is 0 Å². The van der Waals surface area contributed by atoms with Gasteiger partial charge in [0.1, 0.15) is 5.82 Å². The third-order valence-corrected chi connectivity index (χ3v) is 2.54. The Bertz CT molecular complexity index is 404. The molecule has 0 fully saturated rings. The van der Waals surface area contributed by atoms with Gasteiger partial charge in [-0.05, 0) is 6.42 Å². The van der Waals surface area contributed by atoms with Gasteiger partial charge in [-0.15, -0.1) is 0 Å². The van der Waals surface area contributed by atoms with Crippen molar-refractivity contribution >= 4 is 17.6 Å². The van der Waals surface area contributed by atoms with Gasteiger partial charge in [-0.2, -0.15) is 13.2 Å². The van der Waals surface area contributed by atoms with Crippen LogP contribution in [-0.2, 0) is 0 Å². The summed E-state index contributed by atoms with van der Waals surface area (Å²) in [5.74, 6) is 0.286. The number of nitrogens with one attached hydrogen (secondary N) is 1. The molecule has 0 saturated carbocycles. The molecule has 1 heterocycles. The first-order chi connectivity index (χ1) is 7.37. The molecular formula is C8H10F3N3OS. The van der Waals surface area contributed by atoms with Crippen LogP contribution in [0, 0.1) is 0 Å². The maximum Gasteiger partial charge on any atom is 0.389 e. The van der Waals surface area contributed by atoms with E-state index in [0.29, 0.717) is 0 Å². The quantitative estimate of drug-likeness (QED) is 0.487. The van der Waals surface area contributed by atoms with Crippen LogP contribution in [0.4, 0.5) is 19.0 Å². The topological polar surface area (TPSA) is 71.8 Å². The van der Waals surface area contributed by atoms with Crippen LogP contribution in [0.25, 0.3) is 0 Å². The van der Waals surface area contributed by atoms with Crippen molar-refractivity contribution in [2.45, 2.75) is 24.2 Å². The summed E-state index contributed by atoms with van der Waals surface area (Å²) >= 11 is 1.04. The van der Waals surface area contributed by atoms with Crippen LogP contribution in [-0.4, -0.2) is 21.9 Å². The van der Waals surface area contributed by atoms with Crippen molar-refractivity contribution in [2.75, 3.05) is 11.5 Å². The molecule has 0 aromatic carbocycles. The molecule has 0 saturated heterocycles. The molecule has 0 aliphatic heterocycles. The van der Waals surface area contributed by atoms with Gasteiger partial charge in [0, 0.05) is 18.2 Å². The van der Waals surface area contributed by atoms with Gasteiger partial charge in [-0.3, -0.25) is 4.79 Å².